The molecule has 1 saturated heterocycles. The highest BCUT2D eigenvalue weighted by Gasteiger charge is 2.24. The molecule has 1 fully saturated rings. The second-order valence-electron chi connectivity index (χ2n) is 7.51. The van der Waals surface area contributed by atoms with Gasteiger partial charge in [-0.3, -0.25) is 0 Å². The van der Waals surface area contributed by atoms with Gasteiger partial charge in [-0.2, -0.15) is 0 Å². The second kappa shape index (κ2) is 8.67. The maximum Gasteiger partial charge on any atom is 0.242 e. The van der Waals surface area contributed by atoms with Crippen molar-refractivity contribution in [2.75, 3.05) is 51.8 Å². The number of ether oxygens (including phenoxy) is 1. The van der Waals surface area contributed by atoms with Crippen molar-refractivity contribution in [1.29, 1.82) is 0 Å². The Bertz CT molecular complexity index is 1120. The normalized spacial score (nSPS) is 15.1. The van der Waals surface area contributed by atoms with Crippen molar-refractivity contribution in [3.05, 3.63) is 54.2 Å². The number of methoxy groups -OCH3 is 1. The summed E-state index contributed by atoms with van der Waals surface area (Å²) in [7, 11) is -0.355. The van der Waals surface area contributed by atoms with Crippen LogP contribution in [-0.2, 0) is 16.4 Å². The van der Waals surface area contributed by atoms with Gasteiger partial charge in [-0.05, 0) is 36.2 Å². The second-order valence-corrected chi connectivity index (χ2v) is 9.55. The van der Waals surface area contributed by atoms with Crippen molar-refractivity contribution in [2.24, 2.45) is 0 Å². The Morgan fingerprint density at radius 1 is 1.13 bits per heavy atom. The van der Waals surface area contributed by atoms with Crippen molar-refractivity contribution >= 4 is 26.6 Å². The zero-order valence-corrected chi connectivity index (χ0v) is 18.2. The molecule has 1 aliphatic heterocycles. The maximum absolute atomic E-state index is 13.2. The maximum atomic E-state index is 13.2. The Balaban J connectivity index is 1.54. The number of sulfonamides is 1. The monoisotopic (exact) mass is 428 g/mol. The van der Waals surface area contributed by atoms with Gasteiger partial charge < -0.3 is 19.9 Å². The van der Waals surface area contributed by atoms with Crippen molar-refractivity contribution in [3.8, 4) is 5.75 Å². The van der Waals surface area contributed by atoms with Gasteiger partial charge in [-0.1, -0.05) is 18.2 Å². The average molecular weight is 429 g/mol. The number of aromatic amines is 1. The van der Waals surface area contributed by atoms with Crippen LogP contribution < -0.4 is 15.0 Å². The van der Waals surface area contributed by atoms with Crippen LogP contribution in [0.2, 0.25) is 0 Å². The summed E-state index contributed by atoms with van der Waals surface area (Å²) in [5.74, 6) is 0.692. The number of aromatic nitrogens is 1. The minimum Gasteiger partial charge on any atom is -0.495 e. The van der Waals surface area contributed by atoms with Gasteiger partial charge in [0.05, 0.1) is 17.7 Å². The fourth-order valence-corrected chi connectivity index (χ4v) is 5.09. The lowest BCUT2D eigenvalue weighted by Crippen LogP contribution is -2.43. The van der Waals surface area contributed by atoms with Crippen LogP contribution in [0, 0.1) is 0 Å². The number of rotatable bonds is 7. The Hall–Kier alpha value is -2.55. The Kier molecular flexibility index (Phi) is 5.99. The molecule has 1 aromatic heterocycles. The van der Waals surface area contributed by atoms with Crippen LogP contribution in [0.4, 0.5) is 5.69 Å². The molecule has 0 atom stereocenters. The summed E-state index contributed by atoms with van der Waals surface area (Å²) >= 11 is 0. The van der Waals surface area contributed by atoms with Crippen molar-refractivity contribution < 1.29 is 13.2 Å². The summed E-state index contributed by atoms with van der Waals surface area (Å²) in [5.41, 5.74) is 3.00. The number of nitrogens with one attached hydrogen (secondary N) is 2. The number of nitrogens with zero attached hydrogens (tertiary/aromatic N) is 2. The number of H-pyrrole nitrogens is 1. The molecule has 7 nitrogen and oxygen atoms in total. The summed E-state index contributed by atoms with van der Waals surface area (Å²) in [6.45, 7) is 3.76. The number of hydrogen-bond donors (Lipinski definition) is 2. The van der Waals surface area contributed by atoms with E-state index >= 15 is 0 Å². The van der Waals surface area contributed by atoms with E-state index in [1.54, 1.807) is 32.4 Å². The van der Waals surface area contributed by atoms with Gasteiger partial charge >= 0.3 is 0 Å². The molecular weight excluding hydrogens is 400 g/mol. The summed E-state index contributed by atoms with van der Waals surface area (Å²) in [5, 5.41) is 4.45. The zero-order chi connectivity index (χ0) is 21.1. The van der Waals surface area contributed by atoms with Crippen molar-refractivity contribution in [3.63, 3.8) is 0 Å². The first-order chi connectivity index (χ1) is 14.5. The molecule has 0 unspecified atom stereocenters. The lowest BCUT2D eigenvalue weighted by molar-refractivity contribution is 0.412. The predicted octanol–water partition coefficient (Wildman–Crippen LogP) is 2.45. The first kappa shape index (κ1) is 20.7. The smallest absolute Gasteiger partial charge is 0.242 e. The summed E-state index contributed by atoms with van der Waals surface area (Å²) in [6.07, 6.45) is 2.60. The summed E-state index contributed by atoms with van der Waals surface area (Å²) in [4.78, 5) is 5.70. The quantitative estimate of drug-likeness (QED) is 0.605. The van der Waals surface area contributed by atoms with Crippen LogP contribution >= 0.6 is 0 Å². The van der Waals surface area contributed by atoms with Crippen LogP contribution in [0.25, 0.3) is 10.9 Å². The molecule has 0 aliphatic carbocycles. The van der Waals surface area contributed by atoms with E-state index in [9.17, 15) is 8.42 Å². The number of likely N-dealkylation sites (N-methyl/N-ethyl adjacent to an activating group) is 1. The first-order valence-corrected chi connectivity index (χ1v) is 11.6. The number of fused-ring (bicyclic) bond motifs is 1. The van der Waals surface area contributed by atoms with Crippen molar-refractivity contribution in [2.45, 2.75) is 11.3 Å². The van der Waals surface area contributed by atoms with Crippen LogP contribution in [0.1, 0.15) is 5.56 Å². The first-order valence-electron chi connectivity index (χ1n) is 10.2. The average Bonchev–Trinajstić information content (AvgIpc) is 3.20. The van der Waals surface area contributed by atoms with Gasteiger partial charge in [0, 0.05) is 56.9 Å². The molecule has 2 heterocycles. The highest BCUT2D eigenvalue weighted by atomic mass is 32.2. The molecule has 0 amide bonds. The van der Waals surface area contributed by atoms with Crippen LogP contribution in [0.5, 0.6) is 5.75 Å². The zero-order valence-electron chi connectivity index (χ0n) is 17.4. The highest BCUT2D eigenvalue weighted by Crippen LogP contribution is 2.32. The third-order valence-electron chi connectivity index (χ3n) is 5.69. The molecule has 0 bridgehead atoms. The molecule has 2 aromatic carbocycles. The molecule has 30 heavy (non-hydrogen) atoms. The van der Waals surface area contributed by atoms with E-state index < -0.39 is 10.0 Å². The van der Waals surface area contributed by atoms with Crippen LogP contribution in [0.15, 0.2) is 53.6 Å². The fourth-order valence-electron chi connectivity index (χ4n) is 3.90. The lowest BCUT2D eigenvalue weighted by Gasteiger charge is -2.31. The molecule has 0 spiro atoms. The number of hydrogen-bond acceptors (Lipinski definition) is 5. The van der Waals surface area contributed by atoms with Gasteiger partial charge in [-0.15, -0.1) is 0 Å². The van der Waals surface area contributed by atoms with Crippen molar-refractivity contribution in [1.82, 2.24) is 14.6 Å². The van der Waals surface area contributed by atoms with E-state index in [2.05, 4.69) is 21.3 Å². The summed E-state index contributed by atoms with van der Waals surface area (Å²) in [6, 6.07) is 13.2. The predicted molar refractivity (Wildman–Crippen MR) is 120 cm³/mol. The van der Waals surface area contributed by atoms with E-state index in [-0.39, 0.29) is 0 Å². The fraction of sp³-hybridized carbons (Fsp3) is 0.364. The molecule has 0 radical (unpaired) electrons. The van der Waals surface area contributed by atoms with E-state index in [4.69, 9.17) is 4.74 Å². The number of para-hydroxylation sites is 1. The van der Waals surface area contributed by atoms with E-state index in [1.807, 2.05) is 24.4 Å². The largest absolute Gasteiger partial charge is 0.495 e. The van der Waals surface area contributed by atoms with Crippen LogP contribution in [0.3, 0.4) is 0 Å². The van der Waals surface area contributed by atoms with Crippen LogP contribution in [-0.4, -0.2) is 64.6 Å². The van der Waals surface area contributed by atoms with E-state index in [0.29, 0.717) is 23.6 Å². The van der Waals surface area contributed by atoms with Gasteiger partial charge in [-0.25, -0.2) is 12.7 Å². The molecule has 1 aliphatic rings. The van der Waals surface area contributed by atoms with Gasteiger partial charge in [0.25, 0.3) is 0 Å². The SMILES string of the molecule is COc1ccc(S(=O)(=O)N(C)CCc2c[nH]c3ccccc23)cc1N1CCNCC1. The minimum atomic E-state index is -3.61. The minimum absolute atomic E-state index is 0.290. The number of benzene rings is 2. The summed E-state index contributed by atoms with van der Waals surface area (Å²) < 4.78 is 33.4. The lowest BCUT2D eigenvalue weighted by atomic mass is 10.1. The topological polar surface area (TPSA) is 77.7 Å². The third kappa shape index (κ3) is 4.03. The van der Waals surface area contributed by atoms with Gasteiger partial charge in [0.2, 0.25) is 10.0 Å². The van der Waals surface area contributed by atoms with E-state index in [0.717, 1.165) is 48.3 Å². The molecule has 2 N–H and O–H groups in total. The molecule has 0 saturated carbocycles. The molecule has 3 aromatic rings. The Morgan fingerprint density at radius 2 is 1.90 bits per heavy atom. The molecular formula is C22H28N4O3S. The number of piperazine rings is 1. The third-order valence-corrected chi connectivity index (χ3v) is 7.54. The number of anilines is 1. The Morgan fingerprint density at radius 3 is 2.67 bits per heavy atom. The highest BCUT2D eigenvalue weighted by molar-refractivity contribution is 7.89. The molecule has 4 rings (SSSR count). The van der Waals surface area contributed by atoms with E-state index in [1.165, 1.54) is 4.31 Å². The van der Waals surface area contributed by atoms with Gasteiger partial charge in [0.1, 0.15) is 5.75 Å². The Labute approximate surface area is 177 Å². The molecule has 8 heteroatoms. The standard InChI is InChI=1S/C22H28N4O3S/c1-25(12-9-17-16-24-20-6-4-3-5-19(17)20)30(27,28)18-7-8-22(29-2)21(15-18)26-13-10-23-11-14-26/h3-8,15-16,23-24H,9-14H2,1-2H3. The molecule has 160 valence electrons. The van der Waals surface area contributed by atoms with Gasteiger partial charge in [0.15, 0.2) is 0 Å².